The van der Waals surface area contributed by atoms with E-state index >= 15 is 0 Å². The lowest BCUT2D eigenvalue weighted by molar-refractivity contribution is 0.0446. The van der Waals surface area contributed by atoms with Gasteiger partial charge in [-0.25, -0.2) is 4.79 Å². The number of allylic oxidation sites excluding steroid dienone is 2. The van der Waals surface area contributed by atoms with Gasteiger partial charge in [0, 0.05) is 50.6 Å². The minimum Gasteiger partial charge on any atom is -0.494 e. The van der Waals surface area contributed by atoms with Crippen LogP contribution in [0.2, 0.25) is 10.0 Å². The van der Waals surface area contributed by atoms with Gasteiger partial charge >= 0.3 is 6.09 Å². The first-order valence-electron chi connectivity index (χ1n) is 15.1. The van der Waals surface area contributed by atoms with Crippen molar-refractivity contribution in [3.05, 3.63) is 80.7 Å². The summed E-state index contributed by atoms with van der Waals surface area (Å²) in [6.45, 7) is 11.6. The van der Waals surface area contributed by atoms with E-state index in [9.17, 15) is 9.59 Å². The zero-order valence-corrected chi connectivity index (χ0v) is 26.6. The maximum absolute atomic E-state index is 12.9. The van der Waals surface area contributed by atoms with Crippen LogP contribution in [0.1, 0.15) is 46.3 Å². The molecule has 0 radical (unpaired) electrons. The molecule has 1 aliphatic heterocycles. The van der Waals surface area contributed by atoms with Crippen molar-refractivity contribution in [1.82, 2.24) is 14.4 Å². The molecule has 0 N–H and O–H groups in total. The van der Waals surface area contributed by atoms with Gasteiger partial charge in [-0.1, -0.05) is 42.3 Å². The number of amides is 1. The van der Waals surface area contributed by atoms with Gasteiger partial charge in [-0.2, -0.15) is 0 Å². The smallest absolute Gasteiger partial charge is 0.415 e. The van der Waals surface area contributed by atoms with Crippen LogP contribution in [0.15, 0.2) is 65.1 Å². The molecule has 2 heterocycles. The minimum atomic E-state index is -0.776. The standard InChI is InChI=1S/C33H40Cl2N4O4/c1-4-38(26-20-23(2)21-26)33(41)43-24(3)39-30-22-27(12-10-25(30)11-13-31(39)40)42-19-6-5-14-36-15-17-37(18-16-36)29-9-7-8-28(34)32(29)35/h7-13,20,22-24H,4-6,14-19,21H2,1-3H3. The molecule has 8 nitrogen and oxygen atoms in total. The molecule has 2 aromatic carbocycles. The van der Waals surface area contributed by atoms with Crippen LogP contribution in [-0.2, 0) is 4.74 Å². The van der Waals surface area contributed by atoms with Crippen LogP contribution in [0.25, 0.3) is 10.9 Å². The maximum Gasteiger partial charge on any atom is 0.415 e. The number of carbonyl (C=O) groups excluding carboxylic acids is 1. The molecule has 3 aromatic rings. The van der Waals surface area contributed by atoms with E-state index in [1.165, 1.54) is 10.6 Å². The molecule has 2 unspecified atom stereocenters. The third-order valence-corrected chi connectivity index (χ3v) is 9.02. The lowest BCUT2D eigenvalue weighted by Gasteiger charge is -2.36. The molecule has 230 valence electrons. The van der Waals surface area contributed by atoms with Crippen molar-refractivity contribution in [2.75, 3.05) is 50.8 Å². The van der Waals surface area contributed by atoms with Crippen molar-refractivity contribution in [2.24, 2.45) is 5.92 Å². The van der Waals surface area contributed by atoms with Gasteiger partial charge in [-0.05, 0) is 81.3 Å². The Morgan fingerprint density at radius 3 is 2.53 bits per heavy atom. The van der Waals surface area contributed by atoms with Crippen molar-refractivity contribution < 1.29 is 14.3 Å². The second kappa shape index (κ2) is 14.1. The van der Waals surface area contributed by atoms with Crippen LogP contribution in [-0.4, -0.2) is 66.3 Å². The van der Waals surface area contributed by atoms with Crippen LogP contribution in [0.4, 0.5) is 10.5 Å². The van der Waals surface area contributed by atoms with E-state index in [4.69, 9.17) is 32.7 Å². The van der Waals surface area contributed by atoms with Gasteiger partial charge in [-0.15, -0.1) is 0 Å². The first-order chi connectivity index (χ1) is 20.7. The molecule has 1 amide bonds. The number of fused-ring (bicyclic) bond motifs is 1. The van der Waals surface area contributed by atoms with E-state index in [2.05, 4.69) is 22.8 Å². The summed E-state index contributed by atoms with van der Waals surface area (Å²) >= 11 is 12.6. The number of unbranched alkanes of at least 4 members (excludes halogenated alkanes) is 1. The van der Waals surface area contributed by atoms with E-state index in [1.807, 2.05) is 43.3 Å². The highest BCUT2D eigenvalue weighted by molar-refractivity contribution is 6.43. The van der Waals surface area contributed by atoms with E-state index in [0.29, 0.717) is 40.4 Å². The van der Waals surface area contributed by atoms with E-state index in [-0.39, 0.29) is 5.56 Å². The summed E-state index contributed by atoms with van der Waals surface area (Å²) < 4.78 is 13.4. The normalized spacial score (nSPS) is 17.7. The summed E-state index contributed by atoms with van der Waals surface area (Å²) in [5.41, 5.74) is 2.40. The molecule has 1 aliphatic carbocycles. The number of carbonyl (C=O) groups is 1. The number of ether oxygens (including phenoxy) is 2. The number of pyridine rings is 1. The lowest BCUT2D eigenvalue weighted by atomic mass is 9.92. The molecule has 10 heteroatoms. The molecular weight excluding hydrogens is 587 g/mol. The number of aromatic nitrogens is 1. The summed E-state index contributed by atoms with van der Waals surface area (Å²) in [5, 5.41) is 2.08. The number of rotatable bonds is 11. The minimum absolute atomic E-state index is 0.234. The van der Waals surface area contributed by atoms with Crippen molar-refractivity contribution >= 4 is 45.9 Å². The van der Waals surface area contributed by atoms with Crippen LogP contribution in [0, 0.1) is 5.92 Å². The molecule has 1 saturated heterocycles. The Bertz CT molecular complexity index is 1530. The van der Waals surface area contributed by atoms with E-state index in [1.54, 1.807) is 17.9 Å². The van der Waals surface area contributed by atoms with Crippen LogP contribution < -0.4 is 15.2 Å². The van der Waals surface area contributed by atoms with Crippen molar-refractivity contribution in [3.63, 3.8) is 0 Å². The largest absolute Gasteiger partial charge is 0.494 e. The van der Waals surface area contributed by atoms with Gasteiger partial charge in [-0.3, -0.25) is 19.2 Å². The second-order valence-corrected chi connectivity index (χ2v) is 12.1. The number of anilines is 1. The van der Waals surface area contributed by atoms with Gasteiger partial charge in [0.2, 0.25) is 0 Å². The first-order valence-corrected chi connectivity index (χ1v) is 15.9. The summed E-state index contributed by atoms with van der Waals surface area (Å²) in [5.74, 6) is 1.14. The predicted octanol–water partition coefficient (Wildman–Crippen LogP) is 7.19. The third kappa shape index (κ3) is 7.31. The molecule has 43 heavy (non-hydrogen) atoms. The molecular formula is C33H40Cl2N4O4. The van der Waals surface area contributed by atoms with Gasteiger partial charge in [0.15, 0.2) is 6.23 Å². The second-order valence-electron chi connectivity index (χ2n) is 11.3. The molecule has 1 aromatic heterocycles. The van der Waals surface area contributed by atoms with Gasteiger partial charge < -0.3 is 14.4 Å². The molecule has 1 fully saturated rings. The Morgan fingerprint density at radius 2 is 1.81 bits per heavy atom. The average Bonchev–Trinajstić information content (AvgIpc) is 2.98. The number of benzene rings is 2. The monoisotopic (exact) mass is 626 g/mol. The SMILES string of the molecule is CCN(C(=O)OC(C)n1c(=O)ccc2ccc(OCCCCN3CCN(c4cccc(Cl)c4Cl)CC3)cc21)C1=CC(C)C1. The van der Waals surface area contributed by atoms with Crippen molar-refractivity contribution in [3.8, 4) is 5.75 Å². The molecule has 0 spiro atoms. The Balaban J connectivity index is 1.12. The fourth-order valence-corrected chi connectivity index (χ4v) is 6.23. The zero-order chi connectivity index (χ0) is 30.5. The predicted molar refractivity (Wildman–Crippen MR) is 173 cm³/mol. The van der Waals surface area contributed by atoms with Gasteiger partial charge in [0.1, 0.15) is 5.75 Å². The lowest BCUT2D eigenvalue weighted by Crippen LogP contribution is -2.46. The first kappa shape index (κ1) is 31.2. The van der Waals surface area contributed by atoms with Crippen LogP contribution in [0.3, 0.4) is 0 Å². The summed E-state index contributed by atoms with van der Waals surface area (Å²) in [6.07, 6.45) is 3.63. The highest BCUT2D eigenvalue weighted by Crippen LogP contribution is 2.33. The van der Waals surface area contributed by atoms with Crippen LogP contribution in [0.5, 0.6) is 5.75 Å². The topological polar surface area (TPSA) is 67.2 Å². The molecule has 0 saturated carbocycles. The third-order valence-electron chi connectivity index (χ3n) is 8.21. The number of halogens is 2. The molecule has 5 rings (SSSR count). The van der Waals surface area contributed by atoms with Gasteiger partial charge in [0.05, 0.1) is 27.9 Å². The fourth-order valence-electron chi connectivity index (χ4n) is 5.81. The van der Waals surface area contributed by atoms with E-state index < -0.39 is 12.3 Å². The Kier molecular flexibility index (Phi) is 10.2. The number of piperazine rings is 1. The quantitative estimate of drug-likeness (QED) is 0.210. The average molecular weight is 628 g/mol. The number of hydrogen-bond donors (Lipinski definition) is 0. The van der Waals surface area contributed by atoms with Crippen LogP contribution >= 0.6 is 23.2 Å². The number of nitrogens with zero attached hydrogens (tertiary/aromatic N) is 4. The van der Waals surface area contributed by atoms with Gasteiger partial charge in [0.25, 0.3) is 5.56 Å². The Labute approximate surface area is 263 Å². The highest BCUT2D eigenvalue weighted by Gasteiger charge is 2.27. The Hall–Kier alpha value is -3.20. The highest BCUT2D eigenvalue weighted by atomic mass is 35.5. The summed E-state index contributed by atoms with van der Waals surface area (Å²) in [6, 6.07) is 14.8. The Morgan fingerprint density at radius 1 is 1.07 bits per heavy atom. The molecule has 0 bridgehead atoms. The maximum atomic E-state index is 12.9. The summed E-state index contributed by atoms with van der Waals surface area (Å²) in [4.78, 5) is 32.3. The zero-order valence-electron chi connectivity index (χ0n) is 25.1. The summed E-state index contributed by atoms with van der Waals surface area (Å²) in [7, 11) is 0. The van der Waals surface area contributed by atoms with Crippen molar-refractivity contribution in [1.29, 1.82) is 0 Å². The molecule has 2 atom stereocenters. The number of hydrogen-bond acceptors (Lipinski definition) is 6. The van der Waals surface area contributed by atoms with Crippen molar-refractivity contribution in [2.45, 2.75) is 46.3 Å². The molecule has 2 aliphatic rings. The van der Waals surface area contributed by atoms with E-state index in [0.717, 1.165) is 68.8 Å². The fraction of sp³-hybridized carbons (Fsp3) is 0.455.